The third-order valence-electron chi connectivity index (χ3n) is 1.80. The summed E-state index contributed by atoms with van der Waals surface area (Å²) in [6, 6.07) is 0. The zero-order valence-electron chi connectivity index (χ0n) is 8.07. The minimum absolute atomic E-state index is 0. The van der Waals surface area contributed by atoms with Gasteiger partial charge in [0.15, 0.2) is 0 Å². The van der Waals surface area contributed by atoms with Gasteiger partial charge in [-0.15, -0.1) is 0 Å². The Hall–Kier alpha value is -0.211. The average molecular weight is 236 g/mol. The Kier molecular flexibility index (Phi) is 13.8. The third kappa shape index (κ3) is 14.6. The molecule has 13 heavy (non-hydrogen) atoms. The molecule has 0 aromatic rings. The quantitative estimate of drug-likeness (QED) is 0.534. The molecule has 1 N–H and O–H groups in total. The Bertz CT molecular complexity index is 120. The summed E-state index contributed by atoms with van der Waals surface area (Å²) in [7, 11) is 0. The van der Waals surface area contributed by atoms with E-state index in [4.69, 9.17) is 0 Å². The van der Waals surface area contributed by atoms with Crippen molar-refractivity contribution in [2.24, 2.45) is 0 Å². The van der Waals surface area contributed by atoms with Crippen molar-refractivity contribution in [1.82, 2.24) is 5.32 Å². The molecule has 0 aliphatic heterocycles. The van der Waals surface area contributed by atoms with E-state index >= 15 is 0 Å². The van der Waals surface area contributed by atoms with Gasteiger partial charge in [-0.25, -0.2) is 0 Å². The molecular weight excluding hydrogens is 218 g/mol. The van der Waals surface area contributed by atoms with Crippen LogP contribution in [-0.2, 0) is 17.1 Å². The number of hydrogen-bond acceptors (Lipinski definition) is 2. The molecule has 0 saturated carbocycles. The number of amides is 1. The Morgan fingerprint density at radius 2 is 1.69 bits per heavy atom. The van der Waals surface area contributed by atoms with Gasteiger partial charge < -0.3 is 15.2 Å². The van der Waals surface area contributed by atoms with Crippen LogP contribution in [0.15, 0.2) is 0 Å². The second-order valence-corrected chi connectivity index (χ2v) is 2.98. The summed E-state index contributed by atoms with van der Waals surface area (Å²) in [6.07, 6.45) is 5.89. The smallest absolute Gasteiger partial charge is 0.530 e. The molecule has 0 saturated heterocycles. The molecule has 0 fully saturated rings. The molecule has 0 aliphatic carbocycles. The second kappa shape index (κ2) is 11.8. The van der Waals surface area contributed by atoms with Crippen molar-refractivity contribution >= 4 is 6.09 Å². The maximum Gasteiger partial charge on any atom is 1.00 e. The summed E-state index contributed by atoms with van der Waals surface area (Å²) >= 11 is 0. The van der Waals surface area contributed by atoms with Crippen molar-refractivity contribution in [3.05, 3.63) is 0 Å². The molecule has 4 heteroatoms. The first-order chi connectivity index (χ1) is 5.77. The normalized spacial score (nSPS) is 9.00. The van der Waals surface area contributed by atoms with E-state index in [0.717, 1.165) is 12.8 Å². The van der Waals surface area contributed by atoms with E-state index in [1.807, 2.05) is 0 Å². The van der Waals surface area contributed by atoms with Crippen molar-refractivity contribution in [2.75, 3.05) is 6.54 Å². The number of hydrogen-bond donors (Lipinski definition) is 1. The molecule has 0 spiro atoms. The largest absolute Gasteiger partial charge is 1.00 e. The van der Waals surface area contributed by atoms with Crippen LogP contribution in [0.4, 0.5) is 4.79 Å². The van der Waals surface area contributed by atoms with Gasteiger partial charge in [0, 0.05) is 6.54 Å². The first-order valence-electron chi connectivity index (χ1n) is 4.72. The number of nitrogens with one attached hydrogen (secondary N) is 1. The summed E-state index contributed by atoms with van der Waals surface area (Å²) in [5.41, 5.74) is 0. The monoisotopic (exact) mass is 235 g/mol. The van der Waals surface area contributed by atoms with Crippen LogP contribution in [0.25, 0.3) is 0 Å². The van der Waals surface area contributed by atoms with E-state index in [2.05, 4.69) is 12.2 Å². The SMILES string of the molecule is CCCCCCCCNC(=O)[O-].[Cu+]. The van der Waals surface area contributed by atoms with Gasteiger partial charge in [0.2, 0.25) is 0 Å². The van der Waals surface area contributed by atoms with Gasteiger partial charge in [-0.2, -0.15) is 0 Å². The van der Waals surface area contributed by atoms with Crippen molar-refractivity contribution in [3.63, 3.8) is 0 Å². The molecule has 0 aromatic heterocycles. The topological polar surface area (TPSA) is 52.2 Å². The predicted octanol–water partition coefficient (Wildman–Crippen LogP) is 1.28. The zero-order valence-corrected chi connectivity index (χ0v) is 9.01. The maximum atomic E-state index is 9.91. The molecule has 0 heterocycles. The molecule has 0 aromatic carbocycles. The molecule has 3 nitrogen and oxygen atoms in total. The fraction of sp³-hybridized carbons (Fsp3) is 0.889. The molecule has 0 radical (unpaired) electrons. The van der Waals surface area contributed by atoms with Crippen LogP contribution in [0.3, 0.4) is 0 Å². The van der Waals surface area contributed by atoms with Crippen molar-refractivity contribution in [2.45, 2.75) is 45.4 Å². The molecule has 0 atom stereocenters. The number of carboxylic acid groups (broad SMARTS) is 1. The molecule has 0 bridgehead atoms. The van der Waals surface area contributed by atoms with E-state index in [1.54, 1.807) is 0 Å². The van der Waals surface area contributed by atoms with Crippen LogP contribution in [0, 0.1) is 0 Å². The third-order valence-corrected chi connectivity index (χ3v) is 1.80. The van der Waals surface area contributed by atoms with Gasteiger partial charge in [0.1, 0.15) is 6.09 Å². The summed E-state index contributed by atoms with van der Waals surface area (Å²) in [5.74, 6) is 0. The number of carbonyl (C=O) groups excluding carboxylic acids is 1. The zero-order chi connectivity index (χ0) is 9.23. The Morgan fingerprint density at radius 3 is 2.23 bits per heavy atom. The van der Waals surface area contributed by atoms with Gasteiger partial charge in [-0.3, -0.25) is 0 Å². The van der Waals surface area contributed by atoms with Gasteiger partial charge in [0.25, 0.3) is 0 Å². The van der Waals surface area contributed by atoms with Crippen LogP contribution in [-0.4, -0.2) is 12.6 Å². The maximum absolute atomic E-state index is 9.91. The standard InChI is InChI=1S/C9H19NO2.Cu/c1-2-3-4-5-6-7-8-10-9(11)12;/h10H,2-8H2,1H3,(H,11,12);/q;+1/p-1. The van der Waals surface area contributed by atoms with E-state index < -0.39 is 6.09 Å². The van der Waals surface area contributed by atoms with Crippen LogP contribution < -0.4 is 10.4 Å². The molecule has 0 unspecified atom stereocenters. The average Bonchev–Trinajstić information content (AvgIpc) is 2.02. The molecule has 82 valence electrons. The fourth-order valence-electron chi connectivity index (χ4n) is 1.10. The van der Waals surface area contributed by atoms with Crippen molar-refractivity contribution < 1.29 is 27.0 Å². The van der Waals surface area contributed by atoms with Gasteiger partial charge in [-0.1, -0.05) is 39.0 Å². The number of rotatable bonds is 7. The molecule has 0 rings (SSSR count). The molecule has 0 aliphatic rings. The van der Waals surface area contributed by atoms with Gasteiger partial charge in [-0.05, 0) is 6.42 Å². The van der Waals surface area contributed by atoms with Crippen molar-refractivity contribution in [1.29, 1.82) is 0 Å². The van der Waals surface area contributed by atoms with Gasteiger partial charge >= 0.3 is 17.1 Å². The fourth-order valence-corrected chi connectivity index (χ4v) is 1.10. The van der Waals surface area contributed by atoms with E-state index in [-0.39, 0.29) is 17.1 Å². The minimum Gasteiger partial charge on any atom is -0.530 e. The van der Waals surface area contributed by atoms with Crippen LogP contribution in [0.5, 0.6) is 0 Å². The minimum atomic E-state index is -1.16. The van der Waals surface area contributed by atoms with E-state index in [0.29, 0.717) is 6.54 Å². The van der Waals surface area contributed by atoms with Crippen molar-refractivity contribution in [3.8, 4) is 0 Å². The first-order valence-corrected chi connectivity index (χ1v) is 4.72. The Morgan fingerprint density at radius 1 is 1.15 bits per heavy atom. The summed E-state index contributed by atoms with van der Waals surface area (Å²) in [5, 5.41) is 12.2. The summed E-state index contributed by atoms with van der Waals surface area (Å²) in [4.78, 5) is 9.91. The number of unbranched alkanes of at least 4 members (excludes halogenated alkanes) is 5. The first kappa shape index (κ1) is 15.3. The Balaban J connectivity index is 0. The van der Waals surface area contributed by atoms with Gasteiger partial charge in [0.05, 0.1) is 0 Å². The number of carbonyl (C=O) groups is 1. The van der Waals surface area contributed by atoms with Crippen LogP contribution in [0.2, 0.25) is 0 Å². The summed E-state index contributed by atoms with van der Waals surface area (Å²) in [6.45, 7) is 2.71. The second-order valence-electron chi connectivity index (χ2n) is 2.98. The van der Waals surface area contributed by atoms with E-state index in [9.17, 15) is 9.90 Å². The predicted molar refractivity (Wildman–Crippen MR) is 46.8 cm³/mol. The molecule has 1 amide bonds. The Labute approximate surface area is 90.8 Å². The van der Waals surface area contributed by atoms with Crippen LogP contribution in [0.1, 0.15) is 45.4 Å². The molecular formula is C9H18CuNO2. The summed E-state index contributed by atoms with van der Waals surface area (Å²) < 4.78 is 0. The van der Waals surface area contributed by atoms with E-state index in [1.165, 1.54) is 25.7 Å². The van der Waals surface area contributed by atoms with Crippen LogP contribution >= 0.6 is 0 Å².